The normalized spacial score (nSPS) is 14.7. The number of carboxylic acids is 1. The van der Waals surface area contributed by atoms with Gasteiger partial charge in [-0.05, 0) is 23.8 Å². The maximum Gasteiger partial charge on any atom is 0.356 e. The topological polar surface area (TPSA) is 105 Å². The minimum atomic E-state index is -1.09. The highest BCUT2D eigenvalue weighted by Gasteiger charge is 2.24. The summed E-state index contributed by atoms with van der Waals surface area (Å²) in [6.07, 6.45) is 0. The number of hydrogen-bond acceptors (Lipinski definition) is 4. The van der Waals surface area contributed by atoms with Gasteiger partial charge in [-0.1, -0.05) is 12.1 Å². The van der Waals surface area contributed by atoms with Crippen molar-refractivity contribution in [1.82, 2.24) is 15.1 Å². The van der Waals surface area contributed by atoms with E-state index in [0.29, 0.717) is 11.4 Å². The second kappa shape index (κ2) is 5.56. The maximum atomic E-state index is 11.9. The SMILES string of the molecule is Cn1nc(C(=O)O)cc1-c1ccc(N2CC(=O)NCC2=O)cc1. The number of hydrogen-bond donors (Lipinski definition) is 2. The van der Waals surface area contributed by atoms with E-state index >= 15 is 0 Å². The van der Waals surface area contributed by atoms with Gasteiger partial charge in [0.15, 0.2) is 5.69 Å². The van der Waals surface area contributed by atoms with Gasteiger partial charge in [0.2, 0.25) is 11.8 Å². The molecule has 0 atom stereocenters. The highest BCUT2D eigenvalue weighted by atomic mass is 16.4. The van der Waals surface area contributed by atoms with E-state index in [4.69, 9.17) is 5.11 Å². The fourth-order valence-corrected chi connectivity index (χ4v) is 2.45. The molecule has 118 valence electrons. The van der Waals surface area contributed by atoms with Crippen molar-refractivity contribution >= 4 is 23.5 Å². The van der Waals surface area contributed by atoms with Crippen molar-refractivity contribution in [2.24, 2.45) is 7.05 Å². The first-order chi connectivity index (χ1) is 11.0. The lowest BCUT2D eigenvalue weighted by atomic mass is 10.1. The van der Waals surface area contributed by atoms with Crippen LogP contribution in [0.2, 0.25) is 0 Å². The Morgan fingerprint density at radius 1 is 1.26 bits per heavy atom. The van der Waals surface area contributed by atoms with Gasteiger partial charge in [0.1, 0.15) is 6.54 Å². The van der Waals surface area contributed by atoms with Gasteiger partial charge in [0.05, 0.1) is 12.2 Å². The minimum Gasteiger partial charge on any atom is -0.476 e. The van der Waals surface area contributed by atoms with Gasteiger partial charge < -0.3 is 15.3 Å². The minimum absolute atomic E-state index is 0.00689. The molecular weight excluding hydrogens is 300 g/mol. The smallest absolute Gasteiger partial charge is 0.356 e. The number of carbonyl (C=O) groups is 3. The molecule has 2 amide bonds. The molecule has 1 aliphatic heterocycles. The van der Waals surface area contributed by atoms with Crippen LogP contribution in [0, 0.1) is 0 Å². The van der Waals surface area contributed by atoms with Crippen LogP contribution in [-0.4, -0.2) is 45.8 Å². The van der Waals surface area contributed by atoms with Crippen LogP contribution in [0.3, 0.4) is 0 Å². The van der Waals surface area contributed by atoms with Crippen LogP contribution in [0.5, 0.6) is 0 Å². The van der Waals surface area contributed by atoms with E-state index in [0.717, 1.165) is 5.56 Å². The van der Waals surface area contributed by atoms with Crippen LogP contribution in [0.1, 0.15) is 10.5 Å². The predicted octanol–water partition coefficient (Wildman–Crippen LogP) is 0.248. The number of benzene rings is 1. The monoisotopic (exact) mass is 314 g/mol. The van der Waals surface area contributed by atoms with E-state index in [2.05, 4.69) is 10.4 Å². The van der Waals surface area contributed by atoms with Crippen molar-refractivity contribution in [3.05, 3.63) is 36.0 Å². The molecule has 1 fully saturated rings. The van der Waals surface area contributed by atoms with E-state index < -0.39 is 5.97 Å². The van der Waals surface area contributed by atoms with Crippen molar-refractivity contribution < 1.29 is 19.5 Å². The van der Waals surface area contributed by atoms with Crippen LogP contribution in [0.25, 0.3) is 11.3 Å². The summed E-state index contributed by atoms with van der Waals surface area (Å²) in [4.78, 5) is 35.7. The molecule has 2 aromatic rings. The number of amides is 2. The number of anilines is 1. The lowest BCUT2D eigenvalue weighted by molar-refractivity contribution is -0.128. The Labute approximate surface area is 131 Å². The Morgan fingerprint density at radius 3 is 2.57 bits per heavy atom. The highest BCUT2D eigenvalue weighted by Crippen LogP contribution is 2.24. The molecule has 0 bridgehead atoms. The molecular formula is C15H14N4O4. The Hall–Kier alpha value is -3.16. The summed E-state index contributed by atoms with van der Waals surface area (Å²) < 4.78 is 1.48. The zero-order valence-corrected chi connectivity index (χ0v) is 12.3. The molecule has 1 aromatic heterocycles. The first-order valence-corrected chi connectivity index (χ1v) is 6.90. The first kappa shape index (κ1) is 14.8. The fourth-order valence-electron chi connectivity index (χ4n) is 2.45. The molecule has 2 heterocycles. The Bertz CT molecular complexity index is 794. The average Bonchev–Trinajstić information content (AvgIpc) is 2.92. The quantitative estimate of drug-likeness (QED) is 0.845. The third-order valence-corrected chi connectivity index (χ3v) is 3.61. The number of aryl methyl sites for hydroxylation is 1. The number of nitrogens with zero attached hydrogens (tertiary/aromatic N) is 3. The van der Waals surface area contributed by atoms with E-state index in [-0.39, 0.29) is 30.6 Å². The molecule has 2 N–H and O–H groups in total. The number of aromatic nitrogens is 2. The molecule has 0 radical (unpaired) electrons. The average molecular weight is 314 g/mol. The lowest BCUT2D eigenvalue weighted by Gasteiger charge is -2.26. The van der Waals surface area contributed by atoms with Crippen molar-refractivity contribution in [2.45, 2.75) is 0 Å². The van der Waals surface area contributed by atoms with Crippen molar-refractivity contribution in [3.63, 3.8) is 0 Å². The summed E-state index contributed by atoms with van der Waals surface area (Å²) >= 11 is 0. The van der Waals surface area contributed by atoms with Crippen molar-refractivity contribution in [3.8, 4) is 11.3 Å². The summed E-state index contributed by atoms with van der Waals surface area (Å²) in [7, 11) is 1.66. The molecule has 1 saturated heterocycles. The summed E-state index contributed by atoms with van der Waals surface area (Å²) in [5.74, 6) is -1.47. The van der Waals surface area contributed by atoms with Crippen LogP contribution in [0.15, 0.2) is 30.3 Å². The van der Waals surface area contributed by atoms with Gasteiger partial charge in [-0.3, -0.25) is 14.3 Å². The Kier molecular flexibility index (Phi) is 3.57. The molecule has 0 saturated carbocycles. The summed E-state index contributed by atoms with van der Waals surface area (Å²) in [5, 5.41) is 15.4. The molecule has 1 aliphatic rings. The standard InChI is InChI=1S/C15H14N4O4/c1-18-12(6-11(17-18)15(22)23)9-2-4-10(5-3-9)19-8-13(20)16-7-14(19)21/h2-6H,7-8H2,1H3,(H,16,20)(H,22,23). The van der Waals surface area contributed by atoms with E-state index in [1.54, 1.807) is 31.3 Å². The first-order valence-electron chi connectivity index (χ1n) is 6.90. The van der Waals surface area contributed by atoms with E-state index in [1.165, 1.54) is 15.6 Å². The van der Waals surface area contributed by atoms with Crippen LogP contribution in [-0.2, 0) is 16.6 Å². The van der Waals surface area contributed by atoms with Crippen molar-refractivity contribution in [1.29, 1.82) is 0 Å². The molecule has 8 nitrogen and oxygen atoms in total. The molecule has 23 heavy (non-hydrogen) atoms. The van der Waals surface area contributed by atoms with Crippen molar-refractivity contribution in [2.75, 3.05) is 18.0 Å². The Balaban J connectivity index is 1.89. The van der Waals surface area contributed by atoms with E-state index in [9.17, 15) is 14.4 Å². The number of carbonyl (C=O) groups excluding carboxylic acids is 2. The number of aromatic carboxylic acids is 1. The Morgan fingerprint density at radius 2 is 1.96 bits per heavy atom. The maximum absolute atomic E-state index is 11.9. The number of carboxylic acid groups (broad SMARTS) is 1. The molecule has 8 heteroatoms. The summed E-state index contributed by atoms with van der Waals surface area (Å²) in [6, 6.07) is 8.45. The molecule has 1 aromatic carbocycles. The van der Waals surface area contributed by atoms with Gasteiger partial charge in [-0.25, -0.2) is 4.79 Å². The van der Waals surface area contributed by atoms with Crippen LogP contribution < -0.4 is 10.2 Å². The fraction of sp³-hybridized carbons (Fsp3) is 0.200. The van der Waals surface area contributed by atoms with Gasteiger partial charge in [0, 0.05) is 12.7 Å². The van der Waals surface area contributed by atoms with Gasteiger partial charge in [0.25, 0.3) is 0 Å². The predicted molar refractivity (Wildman–Crippen MR) is 81.0 cm³/mol. The third-order valence-electron chi connectivity index (χ3n) is 3.61. The molecule has 0 spiro atoms. The number of nitrogens with one attached hydrogen (secondary N) is 1. The van der Waals surface area contributed by atoms with Crippen LogP contribution in [0.4, 0.5) is 5.69 Å². The molecule has 3 rings (SSSR count). The van der Waals surface area contributed by atoms with Crippen LogP contribution >= 0.6 is 0 Å². The highest BCUT2D eigenvalue weighted by molar-refractivity contribution is 6.04. The van der Waals surface area contributed by atoms with Gasteiger partial charge >= 0.3 is 5.97 Å². The zero-order chi connectivity index (χ0) is 16.6. The lowest BCUT2D eigenvalue weighted by Crippen LogP contribution is -2.51. The second-order valence-electron chi connectivity index (χ2n) is 5.15. The van der Waals surface area contributed by atoms with Gasteiger partial charge in [-0.2, -0.15) is 5.10 Å². The van der Waals surface area contributed by atoms with Gasteiger partial charge in [-0.15, -0.1) is 0 Å². The summed E-state index contributed by atoms with van der Waals surface area (Å²) in [5.41, 5.74) is 2.01. The zero-order valence-electron chi connectivity index (χ0n) is 12.3. The van der Waals surface area contributed by atoms with E-state index in [1.807, 2.05) is 0 Å². The third kappa shape index (κ3) is 2.78. The summed E-state index contributed by atoms with van der Waals surface area (Å²) in [6.45, 7) is -0.0165. The number of rotatable bonds is 3. The molecule has 0 unspecified atom stereocenters. The largest absolute Gasteiger partial charge is 0.476 e. The molecule has 0 aliphatic carbocycles. The number of piperazine rings is 1. The second-order valence-corrected chi connectivity index (χ2v) is 5.15.